The number of hydrogen-bond acceptors (Lipinski definition) is 4. The number of aromatic hydroxyl groups is 2. The van der Waals surface area contributed by atoms with Crippen LogP contribution in [0, 0.1) is 0 Å². The zero-order valence-electron chi connectivity index (χ0n) is 11.1. The standard InChI is InChI=1S/C16H15NO3/c1-20-16-6-4-9(5-7-16)11-12(16)15(19)13-10(14(11)18)3-2-8-17-13/h2-4,6,8-9,18-19H,5,7H2,1H3/t9-,16+/m0/s1. The second-order valence-electron chi connectivity index (χ2n) is 5.48. The lowest BCUT2D eigenvalue weighted by atomic mass is 9.67. The minimum Gasteiger partial charge on any atom is -0.507 e. The molecule has 1 aromatic carbocycles. The van der Waals surface area contributed by atoms with E-state index in [2.05, 4.69) is 11.1 Å². The van der Waals surface area contributed by atoms with Crippen molar-refractivity contribution in [2.45, 2.75) is 24.4 Å². The van der Waals surface area contributed by atoms with Crippen LogP contribution in [0.5, 0.6) is 11.5 Å². The number of fused-ring (bicyclic) bond motifs is 2. The van der Waals surface area contributed by atoms with Crippen LogP contribution >= 0.6 is 0 Å². The third-order valence-corrected chi connectivity index (χ3v) is 4.63. The number of rotatable bonds is 1. The van der Waals surface area contributed by atoms with Crippen LogP contribution in [-0.4, -0.2) is 22.3 Å². The van der Waals surface area contributed by atoms with Crippen LogP contribution in [0.25, 0.3) is 10.9 Å². The Morgan fingerprint density at radius 2 is 2.20 bits per heavy atom. The average molecular weight is 269 g/mol. The first kappa shape index (κ1) is 11.7. The minimum absolute atomic E-state index is 0.129. The van der Waals surface area contributed by atoms with E-state index >= 15 is 0 Å². The zero-order chi connectivity index (χ0) is 13.9. The van der Waals surface area contributed by atoms with Gasteiger partial charge in [0.25, 0.3) is 0 Å². The fraction of sp³-hybridized carbons (Fsp3) is 0.312. The molecule has 0 spiro atoms. The molecule has 4 heteroatoms. The molecule has 1 aromatic heterocycles. The summed E-state index contributed by atoms with van der Waals surface area (Å²) in [6.45, 7) is 0. The maximum atomic E-state index is 10.7. The summed E-state index contributed by atoms with van der Waals surface area (Å²) in [7, 11) is 1.64. The van der Waals surface area contributed by atoms with Crippen molar-refractivity contribution in [1.29, 1.82) is 0 Å². The molecule has 0 saturated carbocycles. The normalized spacial score (nSPS) is 26.9. The molecule has 5 rings (SSSR count). The third kappa shape index (κ3) is 1.22. The lowest BCUT2D eigenvalue weighted by Crippen LogP contribution is -2.36. The molecular weight excluding hydrogens is 254 g/mol. The summed E-state index contributed by atoms with van der Waals surface area (Å²) in [5, 5.41) is 21.9. The van der Waals surface area contributed by atoms with E-state index in [-0.39, 0.29) is 17.4 Å². The topological polar surface area (TPSA) is 62.6 Å². The molecule has 3 aliphatic carbocycles. The molecule has 1 heterocycles. The van der Waals surface area contributed by atoms with Crippen LogP contribution in [0.1, 0.15) is 29.9 Å². The van der Waals surface area contributed by atoms with Crippen molar-refractivity contribution in [3.63, 3.8) is 0 Å². The lowest BCUT2D eigenvalue weighted by molar-refractivity contribution is 0.00450. The van der Waals surface area contributed by atoms with Gasteiger partial charge in [-0.1, -0.05) is 12.2 Å². The van der Waals surface area contributed by atoms with Crippen LogP contribution in [0.2, 0.25) is 0 Å². The van der Waals surface area contributed by atoms with Gasteiger partial charge in [-0.3, -0.25) is 4.98 Å². The highest BCUT2D eigenvalue weighted by atomic mass is 16.5. The van der Waals surface area contributed by atoms with E-state index in [1.807, 2.05) is 6.08 Å². The van der Waals surface area contributed by atoms with Gasteiger partial charge in [-0.05, 0) is 25.0 Å². The molecule has 0 aliphatic heterocycles. The Labute approximate surface area is 116 Å². The van der Waals surface area contributed by atoms with Gasteiger partial charge >= 0.3 is 0 Å². The molecule has 2 aromatic rings. The molecular formula is C16H15NO3. The van der Waals surface area contributed by atoms with E-state index in [4.69, 9.17) is 4.74 Å². The van der Waals surface area contributed by atoms with Crippen LogP contribution in [0.4, 0.5) is 0 Å². The number of ether oxygens (including phenoxy) is 1. The maximum absolute atomic E-state index is 10.7. The summed E-state index contributed by atoms with van der Waals surface area (Å²) >= 11 is 0. The van der Waals surface area contributed by atoms with Gasteiger partial charge in [-0.15, -0.1) is 0 Å². The number of pyridine rings is 1. The van der Waals surface area contributed by atoms with Gasteiger partial charge < -0.3 is 14.9 Å². The largest absolute Gasteiger partial charge is 0.507 e. The summed E-state index contributed by atoms with van der Waals surface area (Å²) in [5.74, 6) is 0.484. The smallest absolute Gasteiger partial charge is 0.148 e. The third-order valence-electron chi connectivity index (χ3n) is 4.63. The Bertz CT molecular complexity index is 753. The van der Waals surface area contributed by atoms with Gasteiger partial charge in [-0.2, -0.15) is 0 Å². The lowest BCUT2D eigenvalue weighted by Gasteiger charge is -2.43. The van der Waals surface area contributed by atoms with Gasteiger partial charge in [-0.25, -0.2) is 0 Å². The van der Waals surface area contributed by atoms with Crippen LogP contribution in [0.15, 0.2) is 30.5 Å². The number of methoxy groups -OCH3 is 1. The predicted molar refractivity (Wildman–Crippen MR) is 74.9 cm³/mol. The predicted octanol–water partition coefficient (Wildman–Crippen LogP) is 2.93. The molecule has 0 fully saturated rings. The number of allylic oxidation sites excluding steroid dienone is 1. The molecule has 102 valence electrons. The quantitative estimate of drug-likeness (QED) is 0.617. The Morgan fingerprint density at radius 1 is 1.35 bits per heavy atom. The van der Waals surface area contributed by atoms with Crippen molar-refractivity contribution < 1.29 is 14.9 Å². The second kappa shape index (κ2) is 3.73. The Hall–Kier alpha value is -2.07. The second-order valence-corrected chi connectivity index (χ2v) is 5.48. The molecule has 4 nitrogen and oxygen atoms in total. The van der Waals surface area contributed by atoms with Gasteiger partial charge in [0.05, 0.1) is 0 Å². The number of aromatic nitrogens is 1. The van der Waals surface area contributed by atoms with Crippen molar-refractivity contribution in [3.8, 4) is 11.5 Å². The van der Waals surface area contributed by atoms with Crippen molar-refractivity contribution in [2.75, 3.05) is 7.11 Å². The molecule has 0 radical (unpaired) electrons. The summed E-state index contributed by atoms with van der Waals surface area (Å²) in [5.41, 5.74) is 1.26. The van der Waals surface area contributed by atoms with Gasteiger partial charge in [0, 0.05) is 35.7 Å². The number of hydrogen-bond donors (Lipinski definition) is 2. The van der Waals surface area contributed by atoms with Crippen LogP contribution in [-0.2, 0) is 10.3 Å². The van der Waals surface area contributed by atoms with Gasteiger partial charge in [0.1, 0.15) is 22.6 Å². The Balaban J connectivity index is 2.18. The van der Waals surface area contributed by atoms with Crippen molar-refractivity contribution in [2.24, 2.45) is 0 Å². The molecule has 2 atom stereocenters. The molecule has 3 aliphatic rings. The zero-order valence-corrected chi connectivity index (χ0v) is 11.1. The summed E-state index contributed by atoms with van der Waals surface area (Å²) in [4.78, 5) is 4.21. The molecule has 20 heavy (non-hydrogen) atoms. The van der Waals surface area contributed by atoms with Crippen molar-refractivity contribution >= 4 is 10.9 Å². The minimum atomic E-state index is -0.642. The van der Waals surface area contributed by atoms with E-state index < -0.39 is 5.60 Å². The summed E-state index contributed by atoms with van der Waals surface area (Å²) in [6.07, 6.45) is 7.40. The van der Waals surface area contributed by atoms with Gasteiger partial charge in [0.2, 0.25) is 0 Å². The first-order valence-corrected chi connectivity index (χ1v) is 6.75. The number of phenols is 2. The first-order valence-electron chi connectivity index (χ1n) is 6.75. The number of phenolic OH excluding ortho intramolecular Hbond substituents is 2. The van der Waals surface area contributed by atoms with E-state index in [9.17, 15) is 10.2 Å². The van der Waals surface area contributed by atoms with Crippen LogP contribution < -0.4 is 0 Å². The fourth-order valence-corrected chi connectivity index (χ4v) is 3.63. The number of nitrogens with zero attached hydrogens (tertiary/aromatic N) is 1. The highest BCUT2D eigenvalue weighted by Gasteiger charge is 2.45. The van der Waals surface area contributed by atoms with E-state index in [1.54, 1.807) is 25.4 Å². The highest BCUT2D eigenvalue weighted by Crippen LogP contribution is 2.57. The fourth-order valence-electron chi connectivity index (χ4n) is 3.63. The van der Waals surface area contributed by atoms with E-state index in [0.29, 0.717) is 16.5 Å². The van der Waals surface area contributed by atoms with Crippen molar-refractivity contribution in [1.82, 2.24) is 4.98 Å². The molecule has 2 N–H and O–H groups in total. The van der Waals surface area contributed by atoms with Crippen LogP contribution in [0.3, 0.4) is 0 Å². The Kier molecular flexibility index (Phi) is 2.19. The Morgan fingerprint density at radius 3 is 2.90 bits per heavy atom. The average Bonchev–Trinajstić information content (AvgIpc) is 2.53. The van der Waals surface area contributed by atoms with Crippen molar-refractivity contribution in [3.05, 3.63) is 41.6 Å². The van der Waals surface area contributed by atoms with E-state index in [0.717, 1.165) is 18.4 Å². The molecule has 0 unspecified atom stereocenters. The molecule has 2 bridgehead atoms. The first-order chi connectivity index (χ1) is 9.68. The molecule has 0 amide bonds. The SMILES string of the molecule is CO[C@]12C=C[C@@H](CC1)c1c2c(O)c2ncccc2c1O. The highest BCUT2D eigenvalue weighted by molar-refractivity contribution is 5.93. The number of benzene rings is 1. The maximum Gasteiger partial charge on any atom is 0.148 e. The molecule has 0 saturated heterocycles. The summed E-state index contributed by atoms with van der Waals surface area (Å²) in [6, 6.07) is 3.54. The van der Waals surface area contributed by atoms with E-state index in [1.165, 1.54) is 0 Å². The summed E-state index contributed by atoms with van der Waals surface area (Å²) < 4.78 is 5.69. The van der Waals surface area contributed by atoms with Gasteiger partial charge in [0.15, 0.2) is 0 Å². The monoisotopic (exact) mass is 269 g/mol.